The number of amides is 2. The molecule has 0 radical (unpaired) electrons. The standard InChI is InChI=1S/C21H31N5O2Si/c1-21(2,3)29(4,5)28-18-8-9-19(23-16-18)24-20(27)26-13-11-25(12-14-26)17-7-6-10-22-15-17/h6-10,15-16H,11-14H2,1-5H3,(H,23,24,27). The third kappa shape index (κ3) is 5.26. The maximum atomic E-state index is 12.6. The summed E-state index contributed by atoms with van der Waals surface area (Å²) in [5, 5.41) is 3.01. The number of urea groups is 1. The molecule has 1 aliphatic heterocycles. The molecule has 0 atom stereocenters. The third-order valence-electron chi connectivity index (χ3n) is 5.73. The lowest BCUT2D eigenvalue weighted by Crippen LogP contribution is -2.50. The van der Waals surface area contributed by atoms with Crippen LogP contribution in [-0.4, -0.2) is 55.4 Å². The molecular weight excluding hydrogens is 382 g/mol. The minimum atomic E-state index is -1.90. The second kappa shape index (κ2) is 8.40. The number of nitrogens with one attached hydrogen (secondary N) is 1. The molecule has 2 aromatic rings. The molecule has 29 heavy (non-hydrogen) atoms. The second-order valence-corrected chi connectivity index (χ2v) is 13.6. The van der Waals surface area contributed by atoms with Gasteiger partial charge in [0, 0.05) is 32.4 Å². The number of hydrogen-bond donors (Lipinski definition) is 1. The van der Waals surface area contributed by atoms with Crippen molar-refractivity contribution in [2.45, 2.75) is 38.9 Å². The molecule has 2 amide bonds. The van der Waals surface area contributed by atoms with Gasteiger partial charge in [0.1, 0.15) is 11.6 Å². The Balaban J connectivity index is 1.52. The van der Waals surface area contributed by atoms with Gasteiger partial charge in [-0.25, -0.2) is 9.78 Å². The molecule has 0 bridgehead atoms. The maximum absolute atomic E-state index is 12.6. The van der Waals surface area contributed by atoms with Crippen LogP contribution in [0.25, 0.3) is 0 Å². The number of anilines is 2. The van der Waals surface area contributed by atoms with Crippen LogP contribution in [-0.2, 0) is 0 Å². The molecule has 1 fully saturated rings. The van der Waals surface area contributed by atoms with E-state index in [9.17, 15) is 4.79 Å². The van der Waals surface area contributed by atoms with Gasteiger partial charge in [0.15, 0.2) is 0 Å². The predicted octanol–water partition coefficient (Wildman–Crippen LogP) is 4.21. The monoisotopic (exact) mass is 413 g/mol. The van der Waals surface area contributed by atoms with Gasteiger partial charge in [-0.3, -0.25) is 10.3 Å². The second-order valence-electron chi connectivity index (χ2n) is 8.86. The summed E-state index contributed by atoms with van der Waals surface area (Å²) in [7, 11) is -1.90. The highest BCUT2D eigenvalue weighted by Gasteiger charge is 2.39. The summed E-state index contributed by atoms with van der Waals surface area (Å²) in [6.45, 7) is 13.9. The lowest BCUT2D eigenvalue weighted by molar-refractivity contribution is 0.208. The topological polar surface area (TPSA) is 70.6 Å². The van der Waals surface area contributed by atoms with E-state index in [1.807, 2.05) is 29.3 Å². The van der Waals surface area contributed by atoms with Gasteiger partial charge < -0.3 is 14.2 Å². The summed E-state index contributed by atoms with van der Waals surface area (Å²) in [4.78, 5) is 25.2. The van der Waals surface area contributed by atoms with Crippen molar-refractivity contribution in [2.75, 3.05) is 36.4 Å². The molecule has 0 aromatic carbocycles. The van der Waals surface area contributed by atoms with E-state index in [-0.39, 0.29) is 11.1 Å². The van der Waals surface area contributed by atoms with Crippen LogP contribution in [0, 0.1) is 0 Å². The van der Waals surface area contributed by atoms with Crippen LogP contribution in [0.15, 0.2) is 42.9 Å². The van der Waals surface area contributed by atoms with Crippen molar-refractivity contribution in [3.05, 3.63) is 42.9 Å². The number of carbonyl (C=O) groups is 1. The first-order chi connectivity index (χ1) is 13.7. The number of pyridine rings is 2. The van der Waals surface area contributed by atoms with Gasteiger partial charge in [0.2, 0.25) is 0 Å². The number of hydrogen-bond acceptors (Lipinski definition) is 5. The number of carbonyl (C=O) groups excluding carboxylic acids is 1. The highest BCUT2D eigenvalue weighted by atomic mass is 28.4. The maximum Gasteiger partial charge on any atom is 0.323 e. The normalized spacial score (nSPS) is 15.2. The molecule has 1 saturated heterocycles. The average Bonchev–Trinajstić information content (AvgIpc) is 2.69. The highest BCUT2D eigenvalue weighted by molar-refractivity contribution is 6.74. The molecule has 0 spiro atoms. The van der Waals surface area contributed by atoms with Crippen molar-refractivity contribution in [1.82, 2.24) is 14.9 Å². The van der Waals surface area contributed by atoms with Crippen LogP contribution < -0.4 is 14.6 Å². The lowest BCUT2D eigenvalue weighted by atomic mass is 10.2. The Morgan fingerprint density at radius 2 is 1.83 bits per heavy atom. The van der Waals surface area contributed by atoms with Crippen molar-refractivity contribution < 1.29 is 9.22 Å². The predicted molar refractivity (Wildman–Crippen MR) is 119 cm³/mol. The summed E-state index contributed by atoms with van der Waals surface area (Å²) in [6.07, 6.45) is 5.31. The van der Waals surface area contributed by atoms with Gasteiger partial charge in [-0.05, 0) is 42.4 Å². The summed E-state index contributed by atoms with van der Waals surface area (Å²) in [5.74, 6) is 1.28. The third-order valence-corrected chi connectivity index (χ3v) is 10.1. The molecule has 7 nitrogen and oxygen atoms in total. The summed E-state index contributed by atoms with van der Waals surface area (Å²) in [5.41, 5.74) is 1.09. The number of nitrogens with zero attached hydrogens (tertiary/aromatic N) is 4. The van der Waals surface area contributed by atoms with Gasteiger partial charge in [-0.1, -0.05) is 20.8 Å². The smallest absolute Gasteiger partial charge is 0.323 e. The molecule has 1 N–H and O–H groups in total. The van der Waals surface area contributed by atoms with Crippen LogP contribution in [0.3, 0.4) is 0 Å². The molecule has 3 rings (SSSR count). The van der Waals surface area contributed by atoms with Gasteiger partial charge in [0.25, 0.3) is 8.32 Å². The van der Waals surface area contributed by atoms with Gasteiger partial charge in [0.05, 0.1) is 18.1 Å². The first-order valence-electron chi connectivity index (χ1n) is 10.0. The number of rotatable bonds is 4. The van der Waals surface area contributed by atoms with Gasteiger partial charge in [-0.15, -0.1) is 0 Å². The minimum absolute atomic E-state index is 0.123. The molecule has 2 aromatic heterocycles. The summed E-state index contributed by atoms with van der Waals surface area (Å²) >= 11 is 0. The van der Waals surface area contributed by atoms with Crippen LogP contribution in [0.5, 0.6) is 5.75 Å². The number of aromatic nitrogens is 2. The van der Waals surface area contributed by atoms with E-state index < -0.39 is 8.32 Å². The lowest BCUT2D eigenvalue weighted by Gasteiger charge is -2.36. The molecule has 156 valence electrons. The fraction of sp³-hybridized carbons (Fsp3) is 0.476. The van der Waals surface area contributed by atoms with E-state index in [1.54, 1.807) is 18.5 Å². The molecule has 1 aliphatic rings. The zero-order valence-electron chi connectivity index (χ0n) is 18.0. The fourth-order valence-electron chi connectivity index (χ4n) is 2.86. The van der Waals surface area contributed by atoms with Crippen LogP contribution in [0.4, 0.5) is 16.3 Å². The fourth-order valence-corrected chi connectivity index (χ4v) is 3.88. The zero-order valence-corrected chi connectivity index (χ0v) is 19.0. The van der Waals surface area contributed by atoms with E-state index in [0.29, 0.717) is 18.9 Å². The Kier molecular flexibility index (Phi) is 6.12. The van der Waals surface area contributed by atoms with Crippen molar-refractivity contribution in [3.63, 3.8) is 0 Å². The van der Waals surface area contributed by atoms with Crippen molar-refractivity contribution in [1.29, 1.82) is 0 Å². The SMILES string of the molecule is CC(C)(C)[Si](C)(C)Oc1ccc(NC(=O)N2CCN(c3cccnc3)CC2)nc1. The summed E-state index contributed by atoms with van der Waals surface area (Å²) in [6, 6.07) is 7.52. The molecule has 8 heteroatoms. The molecule has 3 heterocycles. The van der Waals surface area contributed by atoms with Gasteiger partial charge in [-0.2, -0.15) is 0 Å². The Morgan fingerprint density at radius 3 is 2.38 bits per heavy atom. The largest absolute Gasteiger partial charge is 0.542 e. The van der Waals surface area contributed by atoms with Crippen molar-refractivity contribution >= 4 is 25.9 Å². The van der Waals surface area contributed by atoms with Crippen molar-refractivity contribution in [3.8, 4) is 5.75 Å². The Morgan fingerprint density at radius 1 is 1.10 bits per heavy atom. The molecule has 0 saturated carbocycles. The van der Waals surface area contributed by atoms with E-state index in [0.717, 1.165) is 24.5 Å². The van der Waals surface area contributed by atoms with Gasteiger partial charge >= 0.3 is 6.03 Å². The first-order valence-corrected chi connectivity index (χ1v) is 12.9. The van der Waals surface area contributed by atoms with E-state index in [1.165, 1.54) is 0 Å². The quantitative estimate of drug-likeness (QED) is 0.760. The van der Waals surface area contributed by atoms with Crippen LogP contribution in [0.1, 0.15) is 20.8 Å². The first kappa shape index (κ1) is 21.1. The Labute approximate surface area is 174 Å². The van der Waals surface area contributed by atoms with Crippen LogP contribution in [0.2, 0.25) is 18.1 Å². The molecule has 0 aliphatic carbocycles. The Bertz CT molecular complexity index is 813. The molecule has 0 unspecified atom stereocenters. The molecular formula is C21H31N5O2Si. The van der Waals surface area contributed by atoms with E-state index >= 15 is 0 Å². The minimum Gasteiger partial charge on any atom is -0.542 e. The summed E-state index contributed by atoms with van der Waals surface area (Å²) < 4.78 is 6.24. The van der Waals surface area contributed by atoms with Crippen molar-refractivity contribution in [2.24, 2.45) is 0 Å². The van der Waals surface area contributed by atoms with Crippen LogP contribution >= 0.6 is 0 Å². The van der Waals surface area contributed by atoms with E-state index in [2.05, 4.69) is 54.0 Å². The van der Waals surface area contributed by atoms with E-state index in [4.69, 9.17) is 4.43 Å². The average molecular weight is 414 g/mol. The Hall–Kier alpha value is -2.61. The zero-order chi connectivity index (χ0) is 21.1. The number of piperazine rings is 1. The highest BCUT2D eigenvalue weighted by Crippen LogP contribution is 2.37.